The summed E-state index contributed by atoms with van der Waals surface area (Å²) in [4.78, 5) is 15.8. The van der Waals surface area contributed by atoms with E-state index >= 15 is 0 Å². The highest BCUT2D eigenvalue weighted by Gasteiger charge is 2.17. The molecule has 76 valence electrons. The molecule has 0 saturated carbocycles. The van der Waals surface area contributed by atoms with Gasteiger partial charge in [-0.15, -0.1) is 0 Å². The van der Waals surface area contributed by atoms with Gasteiger partial charge in [0, 0.05) is 12.1 Å². The first-order chi connectivity index (χ1) is 6.66. The molecule has 3 heteroatoms. The van der Waals surface area contributed by atoms with Crippen LogP contribution in [0.3, 0.4) is 0 Å². The standard InChI is InChI=1S/C11H14ClNO/c1-3-5-8(2)11(14)10-9(12)6-4-7-13-10/h4,6-8H,3,5H2,1-2H3. The van der Waals surface area contributed by atoms with Crippen LogP contribution in [0.4, 0.5) is 0 Å². The fourth-order valence-corrected chi connectivity index (χ4v) is 1.58. The van der Waals surface area contributed by atoms with Crippen LogP contribution in [0.15, 0.2) is 18.3 Å². The highest BCUT2D eigenvalue weighted by atomic mass is 35.5. The Morgan fingerprint density at radius 3 is 2.93 bits per heavy atom. The molecule has 0 bridgehead atoms. The normalized spacial score (nSPS) is 12.5. The number of halogens is 1. The Hall–Kier alpha value is -0.890. The predicted molar refractivity (Wildman–Crippen MR) is 57.6 cm³/mol. The summed E-state index contributed by atoms with van der Waals surface area (Å²) in [6, 6.07) is 3.42. The summed E-state index contributed by atoms with van der Waals surface area (Å²) in [7, 11) is 0. The second kappa shape index (κ2) is 5.11. The van der Waals surface area contributed by atoms with E-state index in [9.17, 15) is 4.79 Å². The van der Waals surface area contributed by atoms with E-state index in [1.54, 1.807) is 18.3 Å². The smallest absolute Gasteiger partial charge is 0.185 e. The van der Waals surface area contributed by atoms with E-state index in [0.717, 1.165) is 12.8 Å². The second-order valence-corrected chi connectivity index (χ2v) is 3.80. The van der Waals surface area contributed by atoms with E-state index in [2.05, 4.69) is 11.9 Å². The molecule has 0 N–H and O–H groups in total. The van der Waals surface area contributed by atoms with Crippen molar-refractivity contribution in [1.82, 2.24) is 4.98 Å². The highest BCUT2D eigenvalue weighted by molar-refractivity contribution is 6.33. The van der Waals surface area contributed by atoms with Crippen LogP contribution in [-0.4, -0.2) is 10.8 Å². The van der Waals surface area contributed by atoms with Crippen molar-refractivity contribution in [2.45, 2.75) is 26.7 Å². The van der Waals surface area contributed by atoms with Gasteiger partial charge in [0.15, 0.2) is 5.78 Å². The van der Waals surface area contributed by atoms with E-state index in [0.29, 0.717) is 10.7 Å². The van der Waals surface area contributed by atoms with Crippen molar-refractivity contribution in [2.24, 2.45) is 5.92 Å². The van der Waals surface area contributed by atoms with Crippen molar-refractivity contribution < 1.29 is 4.79 Å². The Labute approximate surface area is 89.3 Å². The lowest BCUT2D eigenvalue weighted by Crippen LogP contribution is -2.13. The molecule has 0 saturated heterocycles. The van der Waals surface area contributed by atoms with Gasteiger partial charge in [0.1, 0.15) is 5.69 Å². The number of carbonyl (C=O) groups is 1. The third kappa shape index (κ3) is 2.55. The summed E-state index contributed by atoms with van der Waals surface area (Å²) in [6.45, 7) is 3.97. The summed E-state index contributed by atoms with van der Waals surface area (Å²) < 4.78 is 0. The van der Waals surface area contributed by atoms with E-state index in [1.165, 1.54) is 0 Å². The number of rotatable bonds is 4. The Morgan fingerprint density at radius 1 is 1.64 bits per heavy atom. The van der Waals surface area contributed by atoms with E-state index in [4.69, 9.17) is 11.6 Å². The van der Waals surface area contributed by atoms with Gasteiger partial charge in [-0.05, 0) is 18.6 Å². The van der Waals surface area contributed by atoms with Gasteiger partial charge in [-0.2, -0.15) is 0 Å². The molecule has 0 aliphatic rings. The van der Waals surface area contributed by atoms with Gasteiger partial charge in [0.05, 0.1) is 5.02 Å². The minimum absolute atomic E-state index is 0.00685. The van der Waals surface area contributed by atoms with Crippen LogP contribution in [0.1, 0.15) is 37.2 Å². The van der Waals surface area contributed by atoms with Crippen molar-refractivity contribution in [2.75, 3.05) is 0 Å². The predicted octanol–water partition coefficient (Wildman–Crippen LogP) is 3.35. The SMILES string of the molecule is CCCC(C)C(=O)c1ncccc1Cl. The van der Waals surface area contributed by atoms with Crippen LogP contribution in [0.2, 0.25) is 5.02 Å². The molecular weight excluding hydrogens is 198 g/mol. The molecule has 1 rings (SSSR count). The molecule has 0 aromatic carbocycles. The average Bonchev–Trinajstić information content (AvgIpc) is 2.18. The Bertz CT molecular complexity index is 325. The summed E-state index contributed by atoms with van der Waals surface area (Å²) in [5, 5.41) is 0.445. The summed E-state index contributed by atoms with van der Waals surface area (Å²) in [6.07, 6.45) is 3.47. The van der Waals surface area contributed by atoms with Crippen LogP contribution in [0.25, 0.3) is 0 Å². The van der Waals surface area contributed by atoms with Crippen LogP contribution >= 0.6 is 11.6 Å². The van der Waals surface area contributed by atoms with Gasteiger partial charge in [0.25, 0.3) is 0 Å². The number of pyridine rings is 1. The molecular formula is C11H14ClNO. The molecule has 14 heavy (non-hydrogen) atoms. The first kappa shape index (κ1) is 11.2. The number of aromatic nitrogens is 1. The van der Waals surface area contributed by atoms with E-state index < -0.39 is 0 Å². The summed E-state index contributed by atoms with van der Waals surface area (Å²) >= 11 is 5.88. The lowest BCUT2D eigenvalue weighted by Gasteiger charge is -2.08. The van der Waals surface area contributed by atoms with Gasteiger partial charge < -0.3 is 0 Å². The van der Waals surface area contributed by atoms with Crippen LogP contribution in [0.5, 0.6) is 0 Å². The van der Waals surface area contributed by atoms with Crippen molar-refractivity contribution in [1.29, 1.82) is 0 Å². The largest absolute Gasteiger partial charge is 0.292 e. The lowest BCUT2D eigenvalue weighted by atomic mass is 9.98. The molecule has 1 atom stereocenters. The molecule has 0 amide bonds. The summed E-state index contributed by atoms with van der Waals surface area (Å²) in [5.41, 5.74) is 0.398. The van der Waals surface area contributed by atoms with E-state index in [1.807, 2.05) is 6.92 Å². The van der Waals surface area contributed by atoms with Gasteiger partial charge in [-0.25, -0.2) is 0 Å². The van der Waals surface area contributed by atoms with Gasteiger partial charge >= 0.3 is 0 Å². The number of Topliss-reactive ketones (excluding diaryl/α,β-unsaturated/α-hetero) is 1. The number of ketones is 1. The van der Waals surface area contributed by atoms with Crippen LogP contribution < -0.4 is 0 Å². The Kier molecular flexibility index (Phi) is 4.08. The number of carbonyl (C=O) groups excluding carboxylic acids is 1. The molecule has 0 spiro atoms. The van der Waals surface area contributed by atoms with Crippen molar-refractivity contribution >= 4 is 17.4 Å². The highest BCUT2D eigenvalue weighted by Crippen LogP contribution is 2.18. The fourth-order valence-electron chi connectivity index (χ4n) is 1.36. The Morgan fingerprint density at radius 2 is 2.36 bits per heavy atom. The Balaban J connectivity index is 2.84. The molecule has 0 radical (unpaired) electrons. The minimum atomic E-state index is 0.00685. The third-order valence-corrected chi connectivity index (χ3v) is 2.47. The zero-order chi connectivity index (χ0) is 10.6. The number of hydrogen-bond donors (Lipinski definition) is 0. The quantitative estimate of drug-likeness (QED) is 0.715. The number of nitrogens with zero attached hydrogens (tertiary/aromatic N) is 1. The van der Waals surface area contributed by atoms with E-state index in [-0.39, 0.29) is 11.7 Å². The second-order valence-electron chi connectivity index (χ2n) is 3.39. The molecule has 0 aliphatic heterocycles. The zero-order valence-corrected chi connectivity index (χ0v) is 9.21. The average molecular weight is 212 g/mol. The molecule has 1 aromatic rings. The van der Waals surface area contributed by atoms with Gasteiger partial charge in [-0.1, -0.05) is 31.9 Å². The van der Waals surface area contributed by atoms with Crippen LogP contribution in [0, 0.1) is 5.92 Å². The molecule has 0 fully saturated rings. The molecule has 2 nitrogen and oxygen atoms in total. The molecule has 1 unspecified atom stereocenters. The summed E-state index contributed by atoms with van der Waals surface area (Å²) in [5.74, 6) is 0.0462. The maximum absolute atomic E-state index is 11.8. The van der Waals surface area contributed by atoms with Crippen LogP contribution in [-0.2, 0) is 0 Å². The maximum atomic E-state index is 11.8. The zero-order valence-electron chi connectivity index (χ0n) is 8.46. The van der Waals surface area contributed by atoms with Crippen molar-refractivity contribution in [3.63, 3.8) is 0 Å². The first-order valence-corrected chi connectivity index (χ1v) is 5.19. The molecule has 1 heterocycles. The first-order valence-electron chi connectivity index (χ1n) is 4.81. The lowest BCUT2D eigenvalue weighted by molar-refractivity contribution is 0.0918. The number of hydrogen-bond acceptors (Lipinski definition) is 2. The minimum Gasteiger partial charge on any atom is -0.292 e. The van der Waals surface area contributed by atoms with Crippen molar-refractivity contribution in [3.8, 4) is 0 Å². The molecule has 1 aromatic heterocycles. The van der Waals surface area contributed by atoms with Gasteiger partial charge in [0.2, 0.25) is 0 Å². The molecule has 0 aliphatic carbocycles. The fraction of sp³-hybridized carbons (Fsp3) is 0.455. The van der Waals surface area contributed by atoms with Crippen molar-refractivity contribution in [3.05, 3.63) is 29.0 Å². The maximum Gasteiger partial charge on any atom is 0.185 e. The topological polar surface area (TPSA) is 30.0 Å². The third-order valence-electron chi connectivity index (χ3n) is 2.16. The monoisotopic (exact) mass is 211 g/mol. The van der Waals surface area contributed by atoms with Gasteiger partial charge in [-0.3, -0.25) is 9.78 Å².